The SMILES string of the molecule is C[S@](=O)Cc1ccccc1NC(=O)c1ccc(F)cc1F. The second kappa shape index (κ2) is 6.58. The van der Waals surface area contributed by atoms with Gasteiger partial charge >= 0.3 is 0 Å². The van der Waals surface area contributed by atoms with E-state index in [4.69, 9.17) is 0 Å². The second-order valence-electron chi connectivity index (χ2n) is 4.45. The van der Waals surface area contributed by atoms with E-state index in [-0.39, 0.29) is 11.3 Å². The minimum atomic E-state index is -1.07. The van der Waals surface area contributed by atoms with Gasteiger partial charge in [-0.15, -0.1) is 0 Å². The summed E-state index contributed by atoms with van der Waals surface area (Å²) in [4.78, 5) is 12.0. The summed E-state index contributed by atoms with van der Waals surface area (Å²) in [7, 11) is -1.07. The predicted octanol–water partition coefficient (Wildman–Crippen LogP) is 3.10. The van der Waals surface area contributed by atoms with Crippen molar-refractivity contribution in [3.05, 3.63) is 65.2 Å². The van der Waals surface area contributed by atoms with Crippen LogP contribution in [0, 0.1) is 11.6 Å². The molecule has 0 saturated heterocycles. The molecule has 3 nitrogen and oxygen atoms in total. The zero-order valence-electron chi connectivity index (χ0n) is 11.2. The molecule has 0 aromatic heterocycles. The molecule has 110 valence electrons. The summed E-state index contributed by atoms with van der Waals surface area (Å²) >= 11 is 0. The number of anilines is 1. The number of hydrogen-bond donors (Lipinski definition) is 1. The van der Waals surface area contributed by atoms with Gasteiger partial charge in [0.2, 0.25) is 0 Å². The molecular weight excluding hydrogens is 296 g/mol. The van der Waals surface area contributed by atoms with Crippen molar-refractivity contribution < 1.29 is 17.8 Å². The van der Waals surface area contributed by atoms with E-state index in [9.17, 15) is 17.8 Å². The number of halogens is 2. The third-order valence-electron chi connectivity index (χ3n) is 2.80. The summed E-state index contributed by atoms with van der Waals surface area (Å²) in [5.41, 5.74) is 0.902. The molecule has 1 N–H and O–H groups in total. The van der Waals surface area contributed by atoms with Gasteiger partial charge in [0, 0.05) is 28.8 Å². The largest absolute Gasteiger partial charge is 0.322 e. The maximum atomic E-state index is 13.6. The van der Waals surface area contributed by atoms with Gasteiger partial charge in [0.05, 0.1) is 11.3 Å². The van der Waals surface area contributed by atoms with E-state index in [1.54, 1.807) is 30.5 Å². The lowest BCUT2D eigenvalue weighted by molar-refractivity contribution is 0.102. The standard InChI is InChI=1S/C15H13F2NO2S/c1-21(20)9-10-4-2-3-5-14(10)18-15(19)12-7-6-11(16)8-13(12)17/h2-8H,9H2,1H3,(H,18,19)/t21-/m0/s1. The van der Waals surface area contributed by atoms with Crippen LogP contribution in [0.2, 0.25) is 0 Å². The van der Waals surface area contributed by atoms with Crippen LogP contribution >= 0.6 is 0 Å². The van der Waals surface area contributed by atoms with Gasteiger partial charge < -0.3 is 5.32 Å². The van der Waals surface area contributed by atoms with Crippen LogP contribution in [0.1, 0.15) is 15.9 Å². The summed E-state index contributed by atoms with van der Waals surface area (Å²) in [6, 6.07) is 9.60. The molecule has 0 unspecified atom stereocenters. The van der Waals surface area contributed by atoms with Crippen molar-refractivity contribution in [2.45, 2.75) is 5.75 Å². The van der Waals surface area contributed by atoms with Crippen LogP contribution in [0.5, 0.6) is 0 Å². The maximum Gasteiger partial charge on any atom is 0.258 e. The Bertz CT molecular complexity index is 704. The topological polar surface area (TPSA) is 46.2 Å². The zero-order valence-corrected chi connectivity index (χ0v) is 12.0. The molecule has 2 aromatic rings. The Balaban J connectivity index is 2.25. The van der Waals surface area contributed by atoms with Crippen molar-refractivity contribution in [1.29, 1.82) is 0 Å². The van der Waals surface area contributed by atoms with Gasteiger partial charge in [-0.05, 0) is 23.8 Å². The van der Waals surface area contributed by atoms with E-state index in [0.29, 0.717) is 17.3 Å². The quantitative estimate of drug-likeness (QED) is 0.943. The molecule has 1 amide bonds. The first-order chi connectivity index (χ1) is 9.97. The first kappa shape index (κ1) is 15.3. The van der Waals surface area contributed by atoms with Crippen LogP contribution in [-0.4, -0.2) is 16.4 Å². The molecule has 0 saturated carbocycles. The third-order valence-corrected chi connectivity index (χ3v) is 3.52. The Morgan fingerprint density at radius 3 is 2.57 bits per heavy atom. The van der Waals surface area contributed by atoms with Gasteiger partial charge in [-0.3, -0.25) is 9.00 Å². The van der Waals surface area contributed by atoms with Crippen molar-refractivity contribution in [3.8, 4) is 0 Å². The average Bonchev–Trinajstić information content (AvgIpc) is 2.40. The number of carbonyl (C=O) groups is 1. The summed E-state index contributed by atoms with van der Waals surface area (Å²) in [5.74, 6) is -2.07. The number of amides is 1. The number of benzene rings is 2. The number of carbonyl (C=O) groups excluding carboxylic acids is 1. The van der Waals surface area contributed by atoms with Crippen LogP contribution in [0.3, 0.4) is 0 Å². The van der Waals surface area contributed by atoms with E-state index in [0.717, 1.165) is 12.1 Å². The van der Waals surface area contributed by atoms with Crippen molar-refractivity contribution in [1.82, 2.24) is 0 Å². The van der Waals surface area contributed by atoms with Gasteiger partial charge in [0.25, 0.3) is 5.91 Å². The summed E-state index contributed by atoms with van der Waals surface area (Å²) < 4.78 is 37.7. The van der Waals surface area contributed by atoms with Crippen molar-refractivity contribution in [2.24, 2.45) is 0 Å². The molecule has 21 heavy (non-hydrogen) atoms. The monoisotopic (exact) mass is 309 g/mol. The number of hydrogen-bond acceptors (Lipinski definition) is 2. The van der Waals surface area contributed by atoms with Gasteiger partial charge in [-0.2, -0.15) is 0 Å². The first-order valence-corrected chi connectivity index (χ1v) is 7.84. The van der Waals surface area contributed by atoms with Crippen LogP contribution in [0.4, 0.5) is 14.5 Å². The number of rotatable bonds is 4. The zero-order chi connectivity index (χ0) is 15.4. The molecule has 6 heteroatoms. The molecule has 0 fully saturated rings. The fourth-order valence-electron chi connectivity index (χ4n) is 1.85. The summed E-state index contributed by atoms with van der Waals surface area (Å²) in [6.07, 6.45) is 1.55. The van der Waals surface area contributed by atoms with Crippen molar-refractivity contribution in [3.63, 3.8) is 0 Å². The lowest BCUT2D eigenvalue weighted by atomic mass is 10.1. The van der Waals surface area contributed by atoms with Crippen molar-refractivity contribution >= 4 is 22.4 Å². The molecule has 1 atom stereocenters. The molecule has 2 aromatic carbocycles. The second-order valence-corrected chi connectivity index (χ2v) is 5.89. The number of nitrogens with one attached hydrogen (secondary N) is 1. The molecule has 0 radical (unpaired) electrons. The smallest absolute Gasteiger partial charge is 0.258 e. The fourth-order valence-corrected chi connectivity index (χ4v) is 2.54. The Morgan fingerprint density at radius 1 is 1.19 bits per heavy atom. The Hall–Kier alpha value is -2.08. The lowest BCUT2D eigenvalue weighted by Crippen LogP contribution is -2.15. The third kappa shape index (κ3) is 3.95. The molecule has 0 heterocycles. The number of para-hydroxylation sites is 1. The average molecular weight is 309 g/mol. The van der Waals surface area contributed by atoms with E-state index < -0.39 is 28.3 Å². The summed E-state index contributed by atoms with van der Waals surface area (Å²) in [6.45, 7) is 0. The van der Waals surface area contributed by atoms with Gasteiger partial charge in [0.1, 0.15) is 11.6 Å². The minimum absolute atomic E-state index is 0.246. The molecule has 0 aliphatic heterocycles. The van der Waals surface area contributed by atoms with E-state index in [1.165, 1.54) is 0 Å². The normalized spacial score (nSPS) is 12.0. The predicted molar refractivity (Wildman–Crippen MR) is 78.5 cm³/mol. The highest BCUT2D eigenvalue weighted by atomic mass is 32.2. The highest BCUT2D eigenvalue weighted by molar-refractivity contribution is 7.83. The van der Waals surface area contributed by atoms with Crippen LogP contribution < -0.4 is 5.32 Å². The molecule has 0 aliphatic carbocycles. The molecule has 0 bridgehead atoms. The molecule has 0 aliphatic rings. The highest BCUT2D eigenvalue weighted by Gasteiger charge is 2.14. The van der Waals surface area contributed by atoms with E-state index in [2.05, 4.69) is 5.32 Å². The van der Waals surface area contributed by atoms with Crippen LogP contribution in [-0.2, 0) is 16.6 Å². The van der Waals surface area contributed by atoms with E-state index in [1.807, 2.05) is 0 Å². The van der Waals surface area contributed by atoms with Crippen LogP contribution in [0.15, 0.2) is 42.5 Å². The summed E-state index contributed by atoms with van der Waals surface area (Å²) in [5, 5.41) is 2.56. The van der Waals surface area contributed by atoms with Gasteiger partial charge in [0.15, 0.2) is 0 Å². The fraction of sp³-hybridized carbons (Fsp3) is 0.133. The van der Waals surface area contributed by atoms with Crippen molar-refractivity contribution in [2.75, 3.05) is 11.6 Å². The maximum absolute atomic E-state index is 13.6. The van der Waals surface area contributed by atoms with E-state index >= 15 is 0 Å². The van der Waals surface area contributed by atoms with Crippen LogP contribution in [0.25, 0.3) is 0 Å². The minimum Gasteiger partial charge on any atom is -0.322 e. The molecule has 0 spiro atoms. The van der Waals surface area contributed by atoms with Gasteiger partial charge in [-0.1, -0.05) is 18.2 Å². The Labute approximate surface area is 123 Å². The lowest BCUT2D eigenvalue weighted by Gasteiger charge is -2.10. The molecule has 2 rings (SSSR count). The molecular formula is C15H13F2NO2S. The highest BCUT2D eigenvalue weighted by Crippen LogP contribution is 2.19. The first-order valence-electron chi connectivity index (χ1n) is 6.11. The Morgan fingerprint density at radius 2 is 1.90 bits per heavy atom. The van der Waals surface area contributed by atoms with Gasteiger partial charge in [-0.25, -0.2) is 8.78 Å². The Kier molecular flexibility index (Phi) is 4.80.